The van der Waals surface area contributed by atoms with Crippen molar-refractivity contribution >= 4 is 164 Å². The molecular formula is C86H52N2O2. The van der Waals surface area contributed by atoms with Crippen molar-refractivity contribution in [2.45, 2.75) is 0 Å². The van der Waals surface area contributed by atoms with E-state index in [2.05, 4.69) is 325 Å². The molecule has 0 spiro atoms. The summed E-state index contributed by atoms with van der Waals surface area (Å²) < 4.78 is 14.3. The summed E-state index contributed by atoms with van der Waals surface area (Å²) in [6, 6.07) is 115. The zero-order chi connectivity index (χ0) is 59.0. The summed E-state index contributed by atoms with van der Waals surface area (Å²) in [4.78, 5) is 4.98. The first-order valence-electron chi connectivity index (χ1n) is 30.9. The van der Waals surface area contributed by atoms with Crippen LogP contribution in [0.25, 0.3) is 152 Å². The van der Waals surface area contributed by atoms with Gasteiger partial charge in [-0.1, -0.05) is 267 Å². The molecule has 0 aliphatic heterocycles. The van der Waals surface area contributed by atoms with E-state index in [0.717, 1.165) is 148 Å². The van der Waals surface area contributed by atoms with Gasteiger partial charge in [0.15, 0.2) is 5.58 Å². The lowest BCUT2D eigenvalue weighted by molar-refractivity contribution is 0.669. The van der Waals surface area contributed by atoms with Crippen LogP contribution in [0.4, 0.5) is 34.1 Å². The number of anilines is 6. The SMILES string of the molecule is c1ccc(-c2ccc(N(c3c4ccccc4c(-c4c5ccccc5c(N(c5ccccc5)c5cc6ccccc6c6c5oc5ccc7ccccc7c56)c5ccccc45)c4ccccc34)c3cc4oc5ccc6ccccc6c5c4c4ccccc34)cc2)cc1. The molecule has 4 heteroatoms. The maximum atomic E-state index is 7.28. The molecule has 0 amide bonds. The van der Waals surface area contributed by atoms with E-state index in [1.165, 1.54) is 38.2 Å². The standard InChI is InChI=1S/C86H52N2O2/c1-3-23-53(24-4-1)54-43-47-59(48-44-54)87(73-52-77-82(64-34-14-13-33-63(64)73)80-60-30-10-7-25-55(60)45-49-75(80)89-77)84-69-39-19-15-35-65(69)78(66-36-16-20-40-70(66)84)79-67-37-17-21-41-71(67)85(72-42-22-18-38-68(72)79)88(58-28-5-2-6-29-58)74-51-57-27-9-12-32-62(57)83-81-61-31-11-8-26-56(61)46-50-76(81)90-86(74)83/h1-52H. The highest BCUT2D eigenvalue weighted by molar-refractivity contribution is 6.34. The van der Waals surface area contributed by atoms with Crippen molar-refractivity contribution < 1.29 is 8.83 Å². The van der Waals surface area contributed by atoms with E-state index in [1.807, 2.05) is 0 Å². The summed E-state index contributed by atoms with van der Waals surface area (Å²) >= 11 is 0. The van der Waals surface area contributed by atoms with Gasteiger partial charge < -0.3 is 18.6 Å². The summed E-state index contributed by atoms with van der Waals surface area (Å²) in [6.07, 6.45) is 0. The Bertz CT molecular complexity index is 6050. The Balaban J connectivity index is 0.906. The number of nitrogens with zero attached hydrogens (tertiary/aromatic N) is 2. The fourth-order valence-electron chi connectivity index (χ4n) is 15.1. The lowest BCUT2D eigenvalue weighted by Crippen LogP contribution is -2.13. The summed E-state index contributed by atoms with van der Waals surface area (Å²) in [7, 11) is 0. The predicted molar refractivity (Wildman–Crippen MR) is 381 cm³/mol. The molecule has 0 bridgehead atoms. The van der Waals surface area contributed by atoms with Gasteiger partial charge in [0, 0.05) is 65.9 Å². The lowest BCUT2D eigenvalue weighted by Gasteiger charge is -2.32. The van der Waals surface area contributed by atoms with Crippen LogP contribution in [0.5, 0.6) is 0 Å². The molecule has 90 heavy (non-hydrogen) atoms. The maximum absolute atomic E-state index is 7.28. The Morgan fingerprint density at radius 2 is 0.578 bits per heavy atom. The Kier molecular flexibility index (Phi) is 11.0. The smallest absolute Gasteiger partial charge is 0.160 e. The summed E-state index contributed by atoms with van der Waals surface area (Å²) in [6.45, 7) is 0. The predicted octanol–water partition coefficient (Wildman–Crippen LogP) is 25.0. The second kappa shape index (κ2) is 19.8. The van der Waals surface area contributed by atoms with Gasteiger partial charge in [-0.15, -0.1) is 0 Å². The summed E-state index contributed by atoms with van der Waals surface area (Å²) in [5.41, 5.74) is 14.3. The van der Waals surface area contributed by atoms with E-state index in [1.54, 1.807) is 0 Å². The maximum Gasteiger partial charge on any atom is 0.160 e. The molecule has 0 aliphatic carbocycles. The first-order valence-corrected chi connectivity index (χ1v) is 30.9. The van der Waals surface area contributed by atoms with Crippen molar-refractivity contribution in [3.05, 3.63) is 315 Å². The van der Waals surface area contributed by atoms with E-state index < -0.39 is 0 Å². The molecule has 4 nitrogen and oxygen atoms in total. The van der Waals surface area contributed by atoms with Gasteiger partial charge in [-0.2, -0.15) is 0 Å². The fraction of sp³-hybridized carbons (Fsp3) is 0. The van der Waals surface area contributed by atoms with Crippen LogP contribution in [0, 0.1) is 0 Å². The molecule has 19 aromatic rings. The number of furan rings is 2. The third-order valence-electron chi connectivity index (χ3n) is 18.9. The molecule has 2 heterocycles. The Labute approximate surface area is 517 Å². The van der Waals surface area contributed by atoms with Crippen molar-refractivity contribution in [1.82, 2.24) is 0 Å². The van der Waals surface area contributed by atoms with Gasteiger partial charge in [-0.05, 0) is 124 Å². The highest BCUT2D eigenvalue weighted by atomic mass is 16.3. The van der Waals surface area contributed by atoms with Crippen LogP contribution in [0.1, 0.15) is 0 Å². The van der Waals surface area contributed by atoms with Crippen LogP contribution >= 0.6 is 0 Å². The normalized spacial score (nSPS) is 12.0. The van der Waals surface area contributed by atoms with Crippen molar-refractivity contribution in [3.63, 3.8) is 0 Å². The third kappa shape index (κ3) is 7.43. The van der Waals surface area contributed by atoms with Gasteiger partial charge in [-0.25, -0.2) is 0 Å². The molecule has 2 aromatic heterocycles. The van der Waals surface area contributed by atoms with Crippen molar-refractivity contribution in [2.75, 3.05) is 9.80 Å². The molecule has 17 aromatic carbocycles. The topological polar surface area (TPSA) is 32.8 Å². The largest absolute Gasteiger partial charge is 0.456 e. The zero-order valence-corrected chi connectivity index (χ0v) is 48.7. The fourth-order valence-corrected chi connectivity index (χ4v) is 15.1. The number of rotatable bonds is 8. The van der Waals surface area contributed by atoms with Crippen molar-refractivity contribution in [3.8, 4) is 22.3 Å². The molecule has 19 rings (SSSR count). The number of para-hydroxylation sites is 1. The van der Waals surface area contributed by atoms with Crippen molar-refractivity contribution in [1.29, 1.82) is 0 Å². The van der Waals surface area contributed by atoms with Crippen LogP contribution in [-0.2, 0) is 0 Å². The Morgan fingerprint density at radius 3 is 1.11 bits per heavy atom. The molecule has 0 fully saturated rings. The minimum Gasteiger partial charge on any atom is -0.456 e. The van der Waals surface area contributed by atoms with E-state index in [9.17, 15) is 0 Å². The molecular weight excluding hydrogens is 1090 g/mol. The minimum atomic E-state index is 0.840. The Morgan fingerprint density at radius 1 is 0.211 bits per heavy atom. The number of benzene rings is 17. The monoisotopic (exact) mass is 1140 g/mol. The van der Waals surface area contributed by atoms with Crippen molar-refractivity contribution in [2.24, 2.45) is 0 Å². The van der Waals surface area contributed by atoms with Crippen LogP contribution in [0.2, 0.25) is 0 Å². The first kappa shape index (κ1) is 50.2. The zero-order valence-electron chi connectivity index (χ0n) is 48.7. The average molecular weight is 1150 g/mol. The van der Waals surface area contributed by atoms with Gasteiger partial charge in [-0.3, -0.25) is 0 Å². The van der Waals surface area contributed by atoms with Crippen LogP contribution in [-0.4, -0.2) is 0 Å². The lowest BCUT2D eigenvalue weighted by atomic mass is 9.84. The van der Waals surface area contributed by atoms with Gasteiger partial charge in [0.05, 0.1) is 22.7 Å². The highest BCUT2D eigenvalue weighted by Gasteiger charge is 2.31. The molecule has 0 saturated heterocycles. The second-order valence-electron chi connectivity index (χ2n) is 23.7. The van der Waals surface area contributed by atoms with E-state index in [0.29, 0.717) is 0 Å². The van der Waals surface area contributed by atoms with Crippen LogP contribution in [0.15, 0.2) is 324 Å². The van der Waals surface area contributed by atoms with Crippen LogP contribution in [0.3, 0.4) is 0 Å². The molecule has 0 N–H and O–H groups in total. The molecule has 418 valence electrons. The van der Waals surface area contributed by atoms with Gasteiger partial charge >= 0.3 is 0 Å². The van der Waals surface area contributed by atoms with Gasteiger partial charge in [0.2, 0.25) is 0 Å². The van der Waals surface area contributed by atoms with Gasteiger partial charge in [0.25, 0.3) is 0 Å². The molecule has 0 saturated carbocycles. The highest BCUT2D eigenvalue weighted by Crippen LogP contribution is 2.56. The summed E-state index contributed by atoms with van der Waals surface area (Å²) in [5, 5.41) is 22.8. The number of hydrogen-bond donors (Lipinski definition) is 0. The van der Waals surface area contributed by atoms with Crippen LogP contribution < -0.4 is 9.80 Å². The van der Waals surface area contributed by atoms with E-state index in [4.69, 9.17) is 8.83 Å². The quantitative estimate of drug-likeness (QED) is 0.142. The van der Waals surface area contributed by atoms with E-state index >= 15 is 0 Å². The summed E-state index contributed by atoms with van der Waals surface area (Å²) in [5.74, 6) is 0. The van der Waals surface area contributed by atoms with E-state index in [-0.39, 0.29) is 0 Å². The molecule has 0 atom stereocenters. The third-order valence-corrected chi connectivity index (χ3v) is 18.9. The number of fused-ring (bicyclic) bond motifs is 18. The molecule has 0 unspecified atom stereocenters. The molecule has 0 aliphatic rings. The first-order chi connectivity index (χ1) is 44.7. The Hall–Kier alpha value is -12.0. The number of hydrogen-bond acceptors (Lipinski definition) is 4. The minimum absolute atomic E-state index is 0.840. The second-order valence-corrected chi connectivity index (χ2v) is 23.7. The average Bonchev–Trinajstić information content (AvgIpc) is 1.30. The van der Waals surface area contributed by atoms with Gasteiger partial charge in [0.1, 0.15) is 16.7 Å². The molecule has 0 radical (unpaired) electrons.